The molecule has 5 heteroatoms. The molecule has 0 fully saturated rings. The second-order valence-electron chi connectivity index (χ2n) is 5.75. The Kier molecular flexibility index (Phi) is 5.64. The van der Waals surface area contributed by atoms with E-state index in [0.717, 1.165) is 17.0 Å². The molecule has 0 saturated heterocycles. The first-order valence-corrected chi connectivity index (χ1v) is 7.81. The SMILES string of the molecule is CC(C)(C(=O)Nc1ccc(OCCN)cc1)c1ccc(Cl)cc1. The van der Waals surface area contributed by atoms with Gasteiger partial charge in [0.05, 0.1) is 5.41 Å². The van der Waals surface area contributed by atoms with Crippen molar-refractivity contribution in [3.05, 3.63) is 59.1 Å². The maximum atomic E-state index is 12.6. The Morgan fingerprint density at radius 2 is 1.74 bits per heavy atom. The zero-order chi connectivity index (χ0) is 16.9. The van der Waals surface area contributed by atoms with Gasteiger partial charge in [-0.3, -0.25) is 4.79 Å². The Bertz CT molecular complexity index is 652. The fourth-order valence-electron chi connectivity index (χ4n) is 2.10. The lowest BCUT2D eigenvalue weighted by molar-refractivity contribution is -0.120. The molecule has 1 amide bonds. The lowest BCUT2D eigenvalue weighted by Crippen LogP contribution is -2.34. The van der Waals surface area contributed by atoms with E-state index in [0.29, 0.717) is 18.2 Å². The monoisotopic (exact) mass is 332 g/mol. The molecule has 23 heavy (non-hydrogen) atoms. The number of carbonyl (C=O) groups excluding carboxylic acids is 1. The third-order valence-corrected chi connectivity index (χ3v) is 3.88. The lowest BCUT2D eigenvalue weighted by atomic mass is 9.83. The van der Waals surface area contributed by atoms with Gasteiger partial charge in [0, 0.05) is 17.3 Å². The lowest BCUT2D eigenvalue weighted by Gasteiger charge is -2.24. The highest BCUT2D eigenvalue weighted by Crippen LogP contribution is 2.27. The summed E-state index contributed by atoms with van der Waals surface area (Å²) in [7, 11) is 0. The molecular weight excluding hydrogens is 312 g/mol. The zero-order valence-electron chi connectivity index (χ0n) is 13.3. The molecule has 0 aliphatic carbocycles. The van der Waals surface area contributed by atoms with Crippen LogP contribution < -0.4 is 15.8 Å². The molecule has 0 aromatic heterocycles. The summed E-state index contributed by atoms with van der Waals surface area (Å²) in [6.45, 7) is 4.69. The Hall–Kier alpha value is -2.04. The van der Waals surface area contributed by atoms with Crippen LogP contribution in [-0.4, -0.2) is 19.1 Å². The smallest absolute Gasteiger partial charge is 0.234 e. The quantitative estimate of drug-likeness (QED) is 0.849. The molecule has 0 heterocycles. The van der Waals surface area contributed by atoms with Gasteiger partial charge in [0.25, 0.3) is 0 Å². The number of hydrogen-bond acceptors (Lipinski definition) is 3. The summed E-state index contributed by atoms with van der Waals surface area (Å²) in [5.41, 5.74) is 6.35. The third kappa shape index (κ3) is 4.47. The fraction of sp³-hybridized carbons (Fsp3) is 0.278. The molecule has 2 rings (SSSR count). The van der Waals surface area contributed by atoms with Gasteiger partial charge in [-0.1, -0.05) is 23.7 Å². The van der Waals surface area contributed by atoms with Gasteiger partial charge in [-0.15, -0.1) is 0 Å². The predicted molar refractivity (Wildman–Crippen MR) is 94.1 cm³/mol. The molecule has 0 saturated carbocycles. The molecule has 0 unspecified atom stereocenters. The van der Waals surface area contributed by atoms with E-state index < -0.39 is 5.41 Å². The molecule has 2 aromatic rings. The fourth-order valence-corrected chi connectivity index (χ4v) is 2.22. The highest BCUT2D eigenvalue weighted by atomic mass is 35.5. The molecule has 0 aliphatic heterocycles. The van der Waals surface area contributed by atoms with Crippen molar-refractivity contribution >= 4 is 23.2 Å². The highest BCUT2D eigenvalue weighted by molar-refractivity contribution is 6.30. The largest absolute Gasteiger partial charge is 0.492 e. The second kappa shape index (κ2) is 7.49. The highest BCUT2D eigenvalue weighted by Gasteiger charge is 2.29. The third-order valence-electron chi connectivity index (χ3n) is 3.63. The van der Waals surface area contributed by atoms with Gasteiger partial charge in [-0.25, -0.2) is 0 Å². The Balaban J connectivity index is 2.06. The number of rotatable bonds is 6. The maximum absolute atomic E-state index is 12.6. The number of amides is 1. The van der Waals surface area contributed by atoms with Crippen LogP contribution in [0.15, 0.2) is 48.5 Å². The van der Waals surface area contributed by atoms with Gasteiger partial charge >= 0.3 is 0 Å². The topological polar surface area (TPSA) is 64.3 Å². The number of carbonyl (C=O) groups is 1. The number of hydrogen-bond donors (Lipinski definition) is 2. The van der Waals surface area contributed by atoms with Gasteiger partial charge in [0.15, 0.2) is 0 Å². The summed E-state index contributed by atoms with van der Waals surface area (Å²) >= 11 is 5.90. The Morgan fingerprint density at radius 1 is 1.13 bits per heavy atom. The van der Waals surface area contributed by atoms with E-state index in [1.807, 2.05) is 38.1 Å². The van der Waals surface area contributed by atoms with Gasteiger partial charge < -0.3 is 15.8 Å². The first kappa shape index (κ1) is 17.3. The molecule has 0 radical (unpaired) electrons. The molecule has 0 spiro atoms. The molecule has 4 nitrogen and oxygen atoms in total. The first-order chi connectivity index (χ1) is 10.9. The van der Waals surface area contributed by atoms with E-state index >= 15 is 0 Å². The van der Waals surface area contributed by atoms with Gasteiger partial charge in [-0.2, -0.15) is 0 Å². The molecule has 0 aliphatic rings. The standard InChI is InChI=1S/C18H21ClN2O2/c1-18(2,13-3-5-14(19)6-4-13)17(22)21-15-7-9-16(10-8-15)23-12-11-20/h3-10H,11-12,20H2,1-2H3,(H,21,22). The number of nitrogens with one attached hydrogen (secondary N) is 1. The van der Waals surface area contributed by atoms with Gasteiger partial charge in [-0.05, 0) is 55.8 Å². The summed E-state index contributed by atoms with van der Waals surface area (Å²) in [5.74, 6) is 0.640. The van der Waals surface area contributed by atoms with E-state index in [-0.39, 0.29) is 5.91 Å². The van der Waals surface area contributed by atoms with Crippen molar-refractivity contribution in [2.75, 3.05) is 18.5 Å². The van der Waals surface area contributed by atoms with Crippen LogP contribution in [0.1, 0.15) is 19.4 Å². The van der Waals surface area contributed by atoms with Crippen molar-refractivity contribution in [1.82, 2.24) is 0 Å². The zero-order valence-corrected chi connectivity index (χ0v) is 14.1. The maximum Gasteiger partial charge on any atom is 0.234 e. The molecule has 0 atom stereocenters. The van der Waals surface area contributed by atoms with Crippen LogP contribution >= 0.6 is 11.6 Å². The van der Waals surface area contributed by atoms with Crippen molar-refractivity contribution in [1.29, 1.82) is 0 Å². The van der Waals surface area contributed by atoms with Crippen LogP contribution in [-0.2, 0) is 10.2 Å². The predicted octanol–water partition coefficient (Wildman–Crippen LogP) is 3.59. The average Bonchev–Trinajstić information content (AvgIpc) is 2.54. The van der Waals surface area contributed by atoms with Crippen molar-refractivity contribution in [2.24, 2.45) is 5.73 Å². The van der Waals surface area contributed by atoms with Crippen LogP contribution in [0.5, 0.6) is 5.75 Å². The van der Waals surface area contributed by atoms with E-state index in [1.54, 1.807) is 24.3 Å². The van der Waals surface area contributed by atoms with Crippen LogP contribution in [0.2, 0.25) is 5.02 Å². The van der Waals surface area contributed by atoms with Crippen LogP contribution in [0.25, 0.3) is 0 Å². The summed E-state index contributed by atoms with van der Waals surface area (Å²) in [4.78, 5) is 12.6. The number of nitrogens with two attached hydrogens (primary N) is 1. The minimum atomic E-state index is -0.667. The molecule has 0 bridgehead atoms. The molecule has 3 N–H and O–H groups in total. The molecule has 122 valence electrons. The van der Waals surface area contributed by atoms with Crippen LogP contribution in [0.3, 0.4) is 0 Å². The van der Waals surface area contributed by atoms with E-state index in [1.165, 1.54) is 0 Å². The number of ether oxygens (including phenoxy) is 1. The summed E-state index contributed by atoms with van der Waals surface area (Å²) < 4.78 is 5.41. The van der Waals surface area contributed by atoms with Gasteiger partial charge in [0.1, 0.15) is 12.4 Å². The summed E-state index contributed by atoms with van der Waals surface area (Å²) in [6.07, 6.45) is 0. The molecular formula is C18H21ClN2O2. The summed E-state index contributed by atoms with van der Waals surface area (Å²) in [6, 6.07) is 14.5. The Morgan fingerprint density at radius 3 is 2.30 bits per heavy atom. The van der Waals surface area contributed by atoms with Crippen molar-refractivity contribution in [3.8, 4) is 5.75 Å². The minimum Gasteiger partial charge on any atom is -0.492 e. The minimum absolute atomic E-state index is 0.0875. The number of anilines is 1. The van der Waals surface area contributed by atoms with Crippen molar-refractivity contribution in [2.45, 2.75) is 19.3 Å². The Labute approximate surface area is 141 Å². The molecule has 2 aromatic carbocycles. The van der Waals surface area contributed by atoms with E-state index in [2.05, 4.69) is 5.32 Å². The van der Waals surface area contributed by atoms with E-state index in [4.69, 9.17) is 22.1 Å². The van der Waals surface area contributed by atoms with Crippen molar-refractivity contribution < 1.29 is 9.53 Å². The average molecular weight is 333 g/mol. The normalized spacial score (nSPS) is 11.1. The second-order valence-corrected chi connectivity index (χ2v) is 6.18. The van der Waals surface area contributed by atoms with E-state index in [9.17, 15) is 4.79 Å². The van der Waals surface area contributed by atoms with Gasteiger partial charge in [0.2, 0.25) is 5.91 Å². The first-order valence-electron chi connectivity index (χ1n) is 7.44. The number of halogens is 1. The van der Waals surface area contributed by atoms with Crippen molar-refractivity contribution in [3.63, 3.8) is 0 Å². The van der Waals surface area contributed by atoms with Crippen LogP contribution in [0, 0.1) is 0 Å². The number of benzene rings is 2. The summed E-state index contributed by atoms with van der Waals surface area (Å²) in [5, 5.41) is 3.58. The van der Waals surface area contributed by atoms with Crippen LogP contribution in [0.4, 0.5) is 5.69 Å².